The monoisotopic (exact) mass is 556 g/mol. The highest BCUT2D eigenvalue weighted by Crippen LogP contribution is 2.14. The van der Waals surface area contributed by atoms with E-state index in [9.17, 15) is 34.2 Å². The summed E-state index contributed by atoms with van der Waals surface area (Å²) in [6.45, 7) is 3.43. The van der Waals surface area contributed by atoms with Crippen LogP contribution in [0.5, 0.6) is 5.75 Å². The van der Waals surface area contributed by atoms with Gasteiger partial charge >= 0.3 is 11.9 Å². The quantitative estimate of drug-likeness (QED) is 0.163. The van der Waals surface area contributed by atoms with Crippen molar-refractivity contribution >= 4 is 29.7 Å². The third kappa shape index (κ3) is 10.0. The average Bonchev–Trinajstić information content (AvgIpc) is 2.91. The number of carboxylic acid groups (broad SMARTS) is 2. The summed E-state index contributed by atoms with van der Waals surface area (Å²) in [4.78, 5) is 62.0. The van der Waals surface area contributed by atoms with Crippen LogP contribution in [0.2, 0.25) is 0 Å². The Morgan fingerprint density at radius 3 is 1.90 bits per heavy atom. The van der Waals surface area contributed by atoms with Crippen LogP contribution in [0.1, 0.15) is 37.8 Å². The zero-order valence-corrected chi connectivity index (χ0v) is 22.4. The van der Waals surface area contributed by atoms with Gasteiger partial charge in [0, 0.05) is 6.42 Å². The molecule has 5 unspecified atom stereocenters. The summed E-state index contributed by atoms with van der Waals surface area (Å²) in [6.07, 6.45) is -0.202. The van der Waals surface area contributed by atoms with E-state index >= 15 is 0 Å². The minimum Gasteiger partial charge on any atom is -0.508 e. The minimum atomic E-state index is -1.70. The Morgan fingerprint density at radius 1 is 0.775 bits per heavy atom. The summed E-state index contributed by atoms with van der Waals surface area (Å²) in [5.74, 6) is -5.59. The lowest BCUT2D eigenvalue weighted by Gasteiger charge is -2.28. The molecular formula is C28H36N4O8. The van der Waals surface area contributed by atoms with Crippen molar-refractivity contribution in [1.82, 2.24) is 16.0 Å². The van der Waals surface area contributed by atoms with Crippen LogP contribution in [-0.4, -0.2) is 69.1 Å². The first-order chi connectivity index (χ1) is 18.9. The maximum Gasteiger partial charge on any atom is 0.326 e. The van der Waals surface area contributed by atoms with Crippen molar-refractivity contribution < 1.29 is 39.3 Å². The molecule has 0 spiro atoms. The molecular weight excluding hydrogens is 520 g/mol. The number of hydrogen-bond donors (Lipinski definition) is 7. The van der Waals surface area contributed by atoms with Crippen LogP contribution >= 0.6 is 0 Å². The van der Waals surface area contributed by atoms with Gasteiger partial charge < -0.3 is 37.0 Å². The van der Waals surface area contributed by atoms with Gasteiger partial charge in [0.1, 0.15) is 23.9 Å². The second-order valence-corrected chi connectivity index (χ2v) is 9.60. The van der Waals surface area contributed by atoms with Crippen LogP contribution in [0.25, 0.3) is 0 Å². The van der Waals surface area contributed by atoms with E-state index in [1.165, 1.54) is 12.1 Å². The summed E-state index contributed by atoms with van der Waals surface area (Å²) in [7, 11) is 0. The normalized spacial score (nSPS) is 14.6. The molecule has 40 heavy (non-hydrogen) atoms. The zero-order valence-electron chi connectivity index (χ0n) is 22.4. The minimum absolute atomic E-state index is 0.00151. The van der Waals surface area contributed by atoms with Gasteiger partial charge in [0.15, 0.2) is 0 Å². The maximum atomic E-state index is 13.5. The van der Waals surface area contributed by atoms with E-state index in [1.807, 2.05) is 30.3 Å². The molecule has 0 aliphatic heterocycles. The van der Waals surface area contributed by atoms with E-state index in [0.29, 0.717) is 12.0 Å². The Kier molecular flexibility index (Phi) is 12.1. The van der Waals surface area contributed by atoms with Gasteiger partial charge in [-0.1, -0.05) is 62.7 Å². The molecule has 0 heterocycles. The van der Waals surface area contributed by atoms with Gasteiger partial charge in [-0.2, -0.15) is 0 Å². The molecule has 2 aromatic rings. The molecule has 216 valence electrons. The van der Waals surface area contributed by atoms with Crippen LogP contribution < -0.4 is 21.7 Å². The van der Waals surface area contributed by atoms with Crippen molar-refractivity contribution in [1.29, 1.82) is 0 Å². The van der Waals surface area contributed by atoms with Crippen LogP contribution in [-0.2, 0) is 36.8 Å². The Labute approximate surface area is 232 Å². The molecule has 0 bridgehead atoms. The predicted octanol–water partition coefficient (Wildman–Crippen LogP) is 0.565. The van der Waals surface area contributed by atoms with Crippen molar-refractivity contribution in [2.24, 2.45) is 11.7 Å². The third-order valence-electron chi connectivity index (χ3n) is 6.43. The number of hydrogen-bond acceptors (Lipinski definition) is 7. The van der Waals surface area contributed by atoms with E-state index in [0.717, 1.165) is 5.56 Å². The number of carbonyl (C=O) groups is 5. The van der Waals surface area contributed by atoms with E-state index < -0.39 is 66.2 Å². The summed E-state index contributed by atoms with van der Waals surface area (Å²) < 4.78 is 0. The van der Waals surface area contributed by atoms with E-state index in [1.54, 1.807) is 26.0 Å². The topological polar surface area (TPSA) is 208 Å². The van der Waals surface area contributed by atoms with Gasteiger partial charge in [0.2, 0.25) is 17.7 Å². The van der Waals surface area contributed by atoms with Crippen LogP contribution in [0.15, 0.2) is 54.6 Å². The second-order valence-electron chi connectivity index (χ2n) is 9.60. The number of phenols is 1. The lowest BCUT2D eigenvalue weighted by atomic mass is 9.96. The Balaban J connectivity index is 2.25. The summed E-state index contributed by atoms with van der Waals surface area (Å²) >= 11 is 0. The SMILES string of the molecule is CCC(C)C(NC(=O)C(Cc1ccc(O)cc1)NC(=O)C(N)Cc1ccccc1)C(=O)NC(CC(=O)O)C(=O)O. The Bertz CT molecular complexity index is 1170. The molecule has 0 aliphatic rings. The number of aromatic hydroxyl groups is 1. The Morgan fingerprint density at radius 2 is 1.35 bits per heavy atom. The second kappa shape index (κ2) is 15.2. The summed E-state index contributed by atoms with van der Waals surface area (Å²) in [5.41, 5.74) is 7.54. The van der Waals surface area contributed by atoms with Gasteiger partial charge in [0.25, 0.3) is 0 Å². The van der Waals surface area contributed by atoms with Crippen molar-refractivity contribution in [3.05, 3.63) is 65.7 Å². The van der Waals surface area contributed by atoms with Gasteiger partial charge in [-0.25, -0.2) is 4.79 Å². The molecule has 8 N–H and O–H groups in total. The van der Waals surface area contributed by atoms with Gasteiger partial charge in [0.05, 0.1) is 12.5 Å². The highest BCUT2D eigenvalue weighted by atomic mass is 16.4. The van der Waals surface area contributed by atoms with E-state index in [2.05, 4.69) is 16.0 Å². The van der Waals surface area contributed by atoms with Crippen molar-refractivity contribution in [2.45, 2.75) is 63.7 Å². The smallest absolute Gasteiger partial charge is 0.326 e. The van der Waals surface area contributed by atoms with E-state index in [4.69, 9.17) is 10.8 Å². The van der Waals surface area contributed by atoms with Gasteiger partial charge in [-0.3, -0.25) is 19.2 Å². The van der Waals surface area contributed by atoms with Gasteiger partial charge in [-0.05, 0) is 35.6 Å². The first-order valence-corrected chi connectivity index (χ1v) is 12.8. The third-order valence-corrected chi connectivity index (χ3v) is 6.43. The molecule has 2 rings (SSSR count). The molecule has 12 heteroatoms. The predicted molar refractivity (Wildman–Crippen MR) is 145 cm³/mol. The molecule has 0 saturated carbocycles. The van der Waals surface area contributed by atoms with Crippen molar-refractivity contribution in [3.8, 4) is 5.75 Å². The highest BCUT2D eigenvalue weighted by Gasteiger charge is 2.33. The maximum absolute atomic E-state index is 13.5. The highest BCUT2D eigenvalue weighted by molar-refractivity contribution is 5.95. The van der Waals surface area contributed by atoms with Gasteiger partial charge in [-0.15, -0.1) is 0 Å². The van der Waals surface area contributed by atoms with Crippen LogP contribution in [0.3, 0.4) is 0 Å². The summed E-state index contributed by atoms with van der Waals surface area (Å²) in [5, 5.41) is 35.3. The van der Waals surface area contributed by atoms with Crippen molar-refractivity contribution in [2.75, 3.05) is 0 Å². The Hall–Kier alpha value is -4.45. The lowest BCUT2D eigenvalue weighted by molar-refractivity contribution is -0.147. The number of nitrogens with one attached hydrogen (secondary N) is 3. The molecule has 0 fully saturated rings. The molecule has 0 radical (unpaired) electrons. The number of carbonyl (C=O) groups excluding carboxylic acids is 3. The van der Waals surface area contributed by atoms with Crippen LogP contribution in [0.4, 0.5) is 0 Å². The largest absolute Gasteiger partial charge is 0.508 e. The number of benzene rings is 2. The molecule has 0 aromatic heterocycles. The molecule has 0 saturated heterocycles. The zero-order chi connectivity index (χ0) is 29.8. The number of amides is 3. The average molecular weight is 557 g/mol. The first kappa shape index (κ1) is 31.8. The van der Waals surface area contributed by atoms with Crippen molar-refractivity contribution in [3.63, 3.8) is 0 Å². The standard InChI is InChI=1S/C28H36N4O8/c1-3-16(2)24(27(38)31-22(28(39)40)15-23(34)35)32-26(37)21(14-18-9-11-19(33)12-10-18)30-25(36)20(29)13-17-7-5-4-6-8-17/h4-12,16,20-22,24,33H,3,13-15,29H2,1-2H3,(H,30,36)(H,31,38)(H,32,37)(H,34,35)(H,39,40). The molecule has 5 atom stereocenters. The van der Waals surface area contributed by atoms with Crippen LogP contribution in [0, 0.1) is 5.92 Å². The fraction of sp³-hybridized carbons (Fsp3) is 0.393. The molecule has 3 amide bonds. The number of rotatable bonds is 15. The van der Waals surface area contributed by atoms with E-state index in [-0.39, 0.29) is 18.6 Å². The summed E-state index contributed by atoms with van der Waals surface area (Å²) in [6, 6.07) is 10.0. The number of phenolic OH excluding ortho intramolecular Hbond substituents is 1. The number of nitrogens with two attached hydrogens (primary N) is 1. The molecule has 12 nitrogen and oxygen atoms in total. The fourth-order valence-corrected chi connectivity index (χ4v) is 3.91. The first-order valence-electron chi connectivity index (χ1n) is 12.8. The molecule has 2 aromatic carbocycles. The fourth-order valence-electron chi connectivity index (χ4n) is 3.91. The lowest BCUT2D eigenvalue weighted by Crippen LogP contribution is -2.59. The molecule has 0 aliphatic carbocycles. The number of aliphatic carboxylic acids is 2. The number of carboxylic acids is 2.